The van der Waals surface area contributed by atoms with Gasteiger partial charge in [-0.2, -0.15) is 13.2 Å². The zero-order chi connectivity index (χ0) is 11.8. The molecule has 0 aromatic carbocycles. The summed E-state index contributed by atoms with van der Waals surface area (Å²) in [5.74, 6) is -0.511. The summed E-state index contributed by atoms with van der Waals surface area (Å²) < 4.78 is 37.5. The maximum absolute atomic E-state index is 12.5. The molecule has 92 valence electrons. The molecule has 2 aliphatic carbocycles. The first kappa shape index (κ1) is 11.7. The maximum Gasteiger partial charge on any atom is 0.411 e. The second-order valence-electron chi connectivity index (χ2n) is 4.61. The Morgan fingerprint density at radius 2 is 1.94 bits per heavy atom. The van der Waals surface area contributed by atoms with E-state index >= 15 is 0 Å². The number of carbonyl (C=O) groups is 1. The lowest BCUT2D eigenvalue weighted by Crippen LogP contribution is -2.48. The van der Waals surface area contributed by atoms with Gasteiger partial charge in [0.25, 0.3) is 0 Å². The van der Waals surface area contributed by atoms with Gasteiger partial charge < -0.3 is 10.6 Å². The van der Waals surface area contributed by atoms with Gasteiger partial charge in [-0.3, -0.25) is 4.79 Å². The van der Waals surface area contributed by atoms with Gasteiger partial charge in [0, 0.05) is 19.0 Å². The number of rotatable bonds is 5. The zero-order valence-electron chi connectivity index (χ0n) is 8.86. The molecule has 0 atom stereocenters. The summed E-state index contributed by atoms with van der Waals surface area (Å²) in [4.78, 5) is 11.3. The minimum absolute atomic E-state index is 0.0122. The smallest absolute Gasteiger partial charge is 0.342 e. The fourth-order valence-corrected chi connectivity index (χ4v) is 1.61. The molecule has 0 saturated heterocycles. The fraction of sp³-hybridized carbons (Fsp3) is 0.900. The molecule has 2 rings (SSSR count). The Kier molecular flexibility index (Phi) is 2.86. The van der Waals surface area contributed by atoms with Crippen LogP contribution in [0.5, 0.6) is 0 Å². The molecule has 0 unspecified atom stereocenters. The van der Waals surface area contributed by atoms with Crippen LogP contribution >= 0.6 is 0 Å². The van der Waals surface area contributed by atoms with Crippen LogP contribution in [0.1, 0.15) is 32.1 Å². The van der Waals surface area contributed by atoms with Gasteiger partial charge in [-0.05, 0) is 25.7 Å². The molecule has 3 nitrogen and oxygen atoms in total. The third kappa shape index (κ3) is 2.66. The minimum atomic E-state index is -4.31. The molecule has 6 heteroatoms. The second kappa shape index (κ2) is 3.91. The minimum Gasteiger partial charge on any atom is -0.342 e. The van der Waals surface area contributed by atoms with Crippen LogP contribution in [0, 0.1) is 0 Å². The van der Waals surface area contributed by atoms with Crippen LogP contribution in [0.25, 0.3) is 0 Å². The summed E-state index contributed by atoms with van der Waals surface area (Å²) >= 11 is 0. The number of hydrogen-bond donors (Lipinski definition) is 2. The molecule has 0 bridgehead atoms. The number of hydrogen-bond acceptors (Lipinski definition) is 2. The van der Waals surface area contributed by atoms with Gasteiger partial charge in [-0.25, -0.2) is 0 Å². The number of nitrogens with one attached hydrogen (secondary N) is 2. The van der Waals surface area contributed by atoms with E-state index in [4.69, 9.17) is 0 Å². The van der Waals surface area contributed by atoms with E-state index < -0.39 is 17.6 Å². The Labute approximate surface area is 91.8 Å². The van der Waals surface area contributed by atoms with Gasteiger partial charge in [0.2, 0.25) is 5.91 Å². The van der Waals surface area contributed by atoms with Gasteiger partial charge in [-0.1, -0.05) is 0 Å². The predicted molar refractivity (Wildman–Crippen MR) is 51.8 cm³/mol. The summed E-state index contributed by atoms with van der Waals surface area (Å²) in [7, 11) is 0. The molecule has 2 fully saturated rings. The predicted octanol–water partition coefficient (Wildman–Crippen LogP) is 1.34. The van der Waals surface area contributed by atoms with Crippen molar-refractivity contribution in [2.45, 2.75) is 49.9 Å². The number of halogens is 3. The normalized spacial score (nSPS) is 22.9. The number of amides is 1. The van der Waals surface area contributed by atoms with Crippen LogP contribution in [-0.2, 0) is 4.79 Å². The molecule has 0 radical (unpaired) electrons. The molecule has 1 amide bonds. The first-order valence-electron chi connectivity index (χ1n) is 5.54. The van der Waals surface area contributed by atoms with Gasteiger partial charge in [0.1, 0.15) is 5.54 Å². The van der Waals surface area contributed by atoms with E-state index in [1.165, 1.54) is 0 Å². The Hall–Kier alpha value is -0.780. The molecule has 0 aromatic heterocycles. The summed E-state index contributed by atoms with van der Waals surface area (Å²) in [5.41, 5.74) is -1.91. The third-order valence-electron chi connectivity index (χ3n) is 3.03. The molecule has 16 heavy (non-hydrogen) atoms. The van der Waals surface area contributed by atoms with Gasteiger partial charge in [-0.15, -0.1) is 0 Å². The van der Waals surface area contributed by atoms with Crippen molar-refractivity contribution in [1.82, 2.24) is 10.6 Å². The second-order valence-corrected chi connectivity index (χ2v) is 4.61. The molecule has 0 heterocycles. The van der Waals surface area contributed by atoms with Gasteiger partial charge in [0.05, 0.1) is 0 Å². The quantitative estimate of drug-likeness (QED) is 0.756. The van der Waals surface area contributed by atoms with Gasteiger partial charge in [0.15, 0.2) is 0 Å². The standard InChI is InChI=1S/C10H15F3N2O/c11-10(12,13)9(4-5-9)15-8(16)3-6-14-7-1-2-7/h7,14H,1-6H2,(H,15,16). The molecule has 0 aliphatic heterocycles. The summed E-state index contributed by atoms with van der Waals surface area (Å²) in [5, 5.41) is 5.19. The van der Waals surface area contributed by atoms with E-state index in [0.717, 1.165) is 12.8 Å². The average molecular weight is 236 g/mol. The summed E-state index contributed by atoms with van der Waals surface area (Å²) in [6.07, 6.45) is -1.96. The van der Waals surface area contributed by atoms with Crippen molar-refractivity contribution in [3.63, 3.8) is 0 Å². The molecule has 2 N–H and O–H groups in total. The van der Waals surface area contributed by atoms with Crippen LogP contribution in [0.3, 0.4) is 0 Å². The highest BCUT2D eigenvalue weighted by Crippen LogP contribution is 2.48. The van der Waals surface area contributed by atoms with Crippen molar-refractivity contribution in [2.75, 3.05) is 6.54 Å². The zero-order valence-corrected chi connectivity index (χ0v) is 8.86. The van der Waals surface area contributed by atoms with E-state index in [-0.39, 0.29) is 19.3 Å². The fourth-order valence-electron chi connectivity index (χ4n) is 1.61. The maximum atomic E-state index is 12.5. The van der Waals surface area contributed by atoms with Crippen LogP contribution in [0.4, 0.5) is 13.2 Å². The molecule has 0 spiro atoms. The van der Waals surface area contributed by atoms with Crippen molar-refractivity contribution in [1.29, 1.82) is 0 Å². The molecular weight excluding hydrogens is 221 g/mol. The molecule has 2 saturated carbocycles. The lowest BCUT2D eigenvalue weighted by Gasteiger charge is -2.20. The molecule has 2 aliphatic rings. The van der Waals surface area contributed by atoms with Crippen LogP contribution < -0.4 is 10.6 Å². The van der Waals surface area contributed by atoms with Crippen LogP contribution in [0.2, 0.25) is 0 Å². The first-order valence-corrected chi connectivity index (χ1v) is 5.54. The Morgan fingerprint density at radius 1 is 1.31 bits per heavy atom. The third-order valence-corrected chi connectivity index (χ3v) is 3.03. The lowest BCUT2D eigenvalue weighted by atomic mass is 10.2. The first-order chi connectivity index (χ1) is 7.43. The highest BCUT2D eigenvalue weighted by Gasteiger charge is 2.64. The highest BCUT2D eigenvalue weighted by molar-refractivity contribution is 5.77. The van der Waals surface area contributed by atoms with E-state index in [9.17, 15) is 18.0 Å². The van der Waals surface area contributed by atoms with Crippen molar-refractivity contribution >= 4 is 5.91 Å². The SMILES string of the molecule is O=C(CCNC1CC1)NC1(C(F)(F)F)CC1. The largest absolute Gasteiger partial charge is 0.411 e. The van der Waals surface area contributed by atoms with Gasteiger partial charge >= 0.3 is 6.18 Å². The van der Waals surface area contributed by atoms with Crippen LogP contribution in [-0.4, -0.2) is 30.2 Å². The monoisotopic (exact) mass is 236 g/mol. The van der Waals surface area contributed by atoms with E-state index in [1.54, 1.807) is 0 Å². The Balaban J connectivity index is 1.70. The van der Waals surface area contributed by atoms with Crippen molar-refractivity contribution in [3.8, 4) is 0 Å². The Bertz CT molecular complexity index is 282. The van der Waals surface area contributed by atoms with E-state index in [1.807, 2.05) is 0 Å². The summed E-state index contributed by atoms with van der Waals surface area (Å²) in [6.45, 7) is 0.463. The highest BCUT2D eigenvalue weighted by atomic mass is 19.4. The van der Waals surface area contributed by atoms with Crippen LogP contribution in [0.15, 0.2) is 0 Å². The lowest BCUT2D eigenvalue weighted by molar-refractivity contribution is -0.170. The van der Waals surface area contributed by atoms with Crippen molar-refractivity contribution in [2.24, 2.45) is 0 Å². The number of alkyl halides is 3. The topological polar surface area (TPSA) is 41.1 Å². The van der Waals surface area contributed by atoms with E-state index in [2.05, 4.69) is 10.6 Å². The summed E-state index contributed by atoms with van der Waals surface area (Å²) in [6, 6.07) is 0.477. The molecular formula is C10H15F3N2O. The molecule has 0 aromatic rings. The van der Waals surface area contributed by atoms with E-state index in [0.29, 0.717) is 12.6 Å². The van der Waals surface area contributed by atoms with Crippen molar-refractivity contribution in [3.05, 3.63) is 0 Å². The Morgan fingerprint density at radius 3 is 2.38 bits per heavy atom. The van der Waals surface area contributed by atoms with Crippen molar-refractivity contribution < 1.29 is 18.0 Å². The number of carbonyl (C=O) groups excluding carboxylic acids is 1. The average Bonchev–Trinajstić information content (AvgIpc) is 2.94.